The first-order valence-electron chi connectivity index (χ1n) is 7.18. The summed E-state index contributed by atoms with van der Waals surface area (Å²) in [5.74, 6) is 0. The molecule has 1 aromatic rings. The highest BCUT2D eigenvalue weighted by Crippen LogP contribution is 2.25. The van der Waals surface area contributed by atoms with Crippen LogP contribution in [-0.2, 0) is 4.74 Å². The second-order valence-corrected chi connectivity index (χ2v) is 5.81. The molecule has 0 aromatic heterocycles. The average molecular weight is 262 g/mol. The maximum absolute atomic E-state index is 6.03. The van der Waals surface area contributed by atoms with Gasteiger partial charge in [-0.15, -0.1) is 0 Å². The lowest BCUT2D eigenvalue weighted by atomic mass is 9.99. The highest BCUT2D eigenvalue weighted by Gasteiger charge is 2.28. The van der Waals surface area contributed by atoms with Crippen molar-refractivity contribution in [1.29, 1.82) is 0 Å². The molecule has 19 heavy (non-hydrogen) atoms. The van der Waals surface area contributed by atoms with Crippen molar-refractivity contribution in [2.75, 3.05) is 19.6 Å². The standard InChI is InChI=1S/C16H26N2O/c1-11-5-6-15(7-12(11)2)16(8-17)18-9-13(3)19-14(4)10-18/h5-7,13-14,16H,8-10,17H2,1-4H3/t13-,14-,16+/m1/s1. The summed E-state index contributed by atoms with van der Waals surface area (Å²) in [5, 5.41) is 0. The summed E-state index contributed by atoms with van der Waals surface area (Å²) in [6, 6.07) is 6.98. The van der Waals surface area contributed by atoms with Gasteiger partial charge < -0.3 is 10.5 Å². The summed E-state index contributed by atoms with van der Waals surface area (Å²) in [5.41, 5.74) is 10.0. The summed E-state index contributed by atoms with van der Waals surface area (Å²) in [6.45, 7) is 11.2. The maximum atomic E-state index is 6.03. The minimum atomic E-state index is 0.282. The molecule has 0 bridgehead atoms. The Morgan fingerprint density at radius 3 is 2.37 bits per heavy atom. The first-order chi connectivity index (χ1) is 9.01. The molecule has 0 saturated carbocycles. The van der Waals surface area contributed by atoms with Crippen molar-refractivity contribution in [2.24, 2.45) is 5.73 Å². The highest BCUT2D eigenvalue weighted by atomic mass is 16.5. The van der Waals surface area contributed by atoms with E-state index in [4.69, 9.17) is 10.5 Å². The second kappa shape index (κ2) is 6.04. The van der Waals surface area contributed by atoms with Gasteiger partial charge in [-0.2, -0.15) is 0 Å². The number of aryl methyl sites for hydroxylation is 2. The molecule has 2 N–H and O–H groups in total. The van der Waals surface area contributed by atoms with Crippen LogP contribution >= 0.6 is 0 Å². The molecule has 106 valence electrons. The number of hydrogen-bond donors (Lipinski definition) is 1. The van der Waals surface area contributed by atoms with Gasteiger partial charge in [-0.1, -0.05) is 18.2 Å². The van der Waals surface area contributed by atoms with Crippen LogP contribution in [0.2, 0.25) is 0 Å². The van der Waals surface area contributed by atoms with E-state index in [9.17, 15) is 0 Å². The van der Waals surface area contributed by atoms with E-state index in [1.54, 1.807) is 0 Å². The molecule has 1 heterocycles. The molecule has 1 aliphatic rings. The van der Waals surface area contributed by atoms with E-state index in [0.717, 1.165) is 13.1 Å². The van der Waals surface area contributed by atoms with Crippen LogP contribution in [0.15, 0.2) is 18.2 Å². The Morgan fingerprint density at radius 2 is 1.84 bits per heavy atom. The van der Waals surface area contributed by atoms with E-state index >= 15 is 0 Å². The molecule has 1 fully saturated rings. The normalized spacial score (nSPS) is 26.4. The number of nitrogens with zero attached hydrogens (tertiary/aromatic N) is 1. The Kier molecular flexibility index (Phi) is 4.61. The van der Waals surface area contributed by atoms with Crippen molar-refractivity contribution >= 4 is 0 Å². The average Bonchev–Trinajstić information content (AvgIpc) is 2.33. The fourth-order valence-electron chi connectivity index (χ4n) is 2.94. The molecule has 0 unspecified atom stereocenters. The number of benzene rings is 1. The number of hydrogen-bond acceptors (Lipinski definition) is 3. The quantitative estimate of drug-likeness (QED) is 0.909. The lowest BCUT2D eigenvalue weighted by Gasteiger charge is -2.40. The van der Waals surface area contributed by atoms with Gasteiger partial charge >= 0.3 is 0 Å². The van der Waals surface area contributed by atoms with E-state index < -0.39 is 0 Å². The van der Waals surface area contributed by atoms with E-state index in [-0.39, 0.29) is 12.2 Å². The Labute approximate surface area is 116 Å². The largest absolute Gasteiger partial charge is 0.373 e. The van der Waals surface area contributed by atoms with Crippen molar-refractivity contribution in [3.63, 3.8) is 0 Å². The summed E-state index contributed by atoms with van der Waals surface area (Å²) in [6.07, 6.45) is 0.564. The zero-order valence-electron chi connectivity index (χ0n) is 12.5. The van der Waals surface area contributed by atoms with Crippen molar-refractivity contribution in [3.05, 3.63) is 34.9 Å². The van der Waals surface area contributed by atoms with Crippen molar-refractivity contribution in [1.82, 2.24) is 4.90 Å². The molecule has 1 saturated heterocycles. The van der Waals surface area contributed by atoms with Gasteiger partial charge in [0.05, 0.1) is 12.2 Å². The fraction of sp³-hybridized carbons (Fsp3) is 0.625. The molecule has 1 aliphatic heterocycles. The maximum Gasteiger partial charge on any atom is 0.0678 e. The third kappa shape index (κ3) is 3.35. The first-order valence-corrected chi connectivity index (χ1v) is 7.18. The van der Waals surface area contributed by atoms with Crippen LogP contribution in [0.25, 0.3) is 0 Å². The molecule has 0 radical (unpaired) electrons. The molecule has 1 aromatic carbocycles. The van der Waals surface area contributed by atoms with Gasteiger partial charge in [0.1, 0.15) is 0 Å². The monoisotopic (exact) mass is 262 g/mol. The molecular weight excluding hydrogens is 236 g/mol. The summed E-state index contributed by atoms with van der Waals surface area (Å²) in [4.78, 5) is 2.46. The molecule has 0 aliphatic carbocycles. The van der Waals surface area contributed by atoms with Crippen LogP contribution in [0, 0.1) is 13.8 Å². The first kappa shape index (κ1) is 14.5. The lowest BCUT2D eigenvalue weighted by Crippen LogP contribution is -2.48. The van der Waals surface area contributed by atoms with Crippen molar-refractivity contribution in [3.8, 4) is 0 Å². The SMILES string of the molecule is Cc1ccc([C@H](CN)N2C[C@@H](C)O[C@H](C)C2)cc1C. The van der Waals surface area contributed by atoms with E-state index in [1.165, 1.54) is 16.7 Å². The molecule has 0 spiro atoms. The Bertz CT molecular complexity index is 423. The Morgan fingerprint density at radius 1 is 1.21 bits per heavy atom. The highest BCUT2D eigenvalue weighted by molar-refractivity contribution is 5.32. The van der Waals surface area contributed by atoms with Crippen LogP contribution in [0.3, 0.4) is 0 Å². The molecule has 3 heteroatoms. The molecule has 2 rings (SSSR count). The topological polar surface area (TPSA) is 38.5 Å². The summed E-state index contributed by atoms with van der Waals surface area (Å²) >= 11 is 0. The van der Waals surface area contributed by atoms with E-state index in [0.29, 0.717) is 12.6 Å². The molecule has 3 atom stereocenters. The summed E-state index contributed by atoms with van der Waals surface area (Å²) < 4.78 is 5.81. The number of ether oxygens (including phenoxy) is 1. The zero-order chi connectivity index (χ0) is 14.0. The van der Waals surface area contributed by atoms with E-state index in [2.05, 4.69) is 50.8 Å². The van der Waals surface area contributed by atoms with Gasteiger partial charge in [-0.05, 0) is 44.4 Å². The molecule has 3 nitrogen and oxygen atoms in total. The number of nitrogens with two attached hydrogens (primary N) is 1. The Hall–Kier alpha value is -0.900. The predicted octanol–water partition coefficient (Wildman–Crippen LogP) is 2.41. The van der Waals surface area contributed by atoms with Gasteiger partial charge in [-0.25, -0.2) is 0 Å². The smallest absolute Gasteiger partial charge is 0.0678 e. The van der Waals surface area contributed by atoms with Crippen LogP contribution < -0.4 is 5.73 Å². The van der Waals surface area contributed by atoms with E-state index in [1.807, 2.05) is 0 Å². The molecule has 0 amide bonds. The number of rotatable bonds is 3. The number of morpholine rings is 1. The van der Waals surface area contributed by atoms with Crippen molar-refractivity contribution < 1.29 is 4.74 Å². The van der Waals surface area contributed by atoms with Gasteiger partial charge in [-0.3, -0.25) is 4.90 Å². The summed E-state index contributed by atoms with van der Waals surface area (Å²) in [7, 11) is 0. The Balaban J connectivity index is 2.21. The van der Waals surface area contributed by atoms with Gasteiger partial charge in [0.15, 0.2) is 0 Å². The van der Waals surface area contributed by atoms with Crippen molar-refractivity contribution in [2.45, 2.75) is 45.9 Å². The van der Waals surface area contributed by atoms with Crippen LogP contribution in [0.4, 0.5) is 0 Å². The zero-order valence-corrected chi connectivity index (χ0v) is 12.5. The molecular formula is C16H26N2O. The van der Waals surface area contributed by atoms with Gasteiger partial charge in [0.2, 0.25) is 0 Å². The lowest BCUT2D eigenvalue weighted by molar-refractivity contribution is -0.0799. The van der Waals surface area contributed by atoms with Gasteiger partial charge in [0.25, 0.3) is 0 Å². The second-order valence-electron chi connectivity index (χ2n) is 5.81. The fourth-order valence-corrected chi connectivity index (χ4v) is 2.94. The minimum Gasteiger partial charge on any atom is -0.373 e. The van der Waals surface area contributed by atoms with Crippen LogP contribution in [0.5, 0.6) is 0 Å². The van der Waals surface area contributed by atoms with Crippen LogP contribution in [0.1, 0.15) is 36.6 Å². The third-order valence-electron chi connectivity index (χ3n) is 4.03. The van der Waals surface area contributed by atoms with Crippen LogP contribution in [-0.4, -0.2) is 36.7 Å². The minimum absolute atomic E-state index is 0.282. The van der Waals surface area contributed by atoms with Gasteiger partial charge in [0, 0.05) is 25.7 Å². The predicted molar refractivity (Wildman–Crippen MR) is 79.3 cm³/mol. The third-order valence-corrected chi connectivity index (χ3v) is 4.03.